The van der Waals surface area contributed by atoms with Gasteiger partial charge in [0.15, 0.2) is 0 Å². The Balaban J connectivity index is 1.11. The van der Waals surface area contributed by atoms with E-state index in [1.165, 1.54) is 16.9 Å². The Kier molecular flexibility index (Phi) is 6.22. The van der Waals surface area contributed by atoms with E-state index in [2.05, 4.69) is 63.1 Å². The number of rotatable bonds is 4. The fourth-order valence-electron chi connectivity index (χ4n) is 5.90. The fourth-order valence-corrected chi connectivity index (χ4v) is 5.90. The Morgan fingerprint density at radius 3 is 2.78 bits per heavy atom. The third-order valence-corrected chi connectivity index (χ3v) is 7.76. The molecule has 3 aliphatic rings. The summed E-state index contributed by atoms with van der Waals surface area (Å²) in [5, 5.41) is 14.0. The molecule has 8 nitrogen and oxygen atoms in total. The van der Waals surface area contributed by atoms with Crippen LogP contribution in [0.5, 0.6) is 0 Å². The van der Waals surface area contributed by atoms with Crippen LogP contribution in [-0.2, 0) is 11.3 Å². The van der Waals surface area contributed by atoms with E-state index < -0.39 is 0 Å². The molecule has 3 atom stereocenters. The molecule has 36 heavy (non-hydrogen) atoms. The van der Waals surface area contributed by atoms with Crippen LogP contribution in [-0.4, -0.2) is 72.9 Å². The number of pyridine rings is 2. The van der Waals surface area contributed by atoms with Crippen LogP contribution in [0.15, 0.2) is 42.7 Å². The molecule has 0 amide bonds. The number of hydrogen-bond donors (Lipinski definition) is 1. The molecule has 0 bridgehead atoms. The van der Waals surface area contributed by atoms with Gasteiger partial charge in [0.2, 0.25) is 0 Å². The van der Waals surface area contributed by atoms with Crippen molar-refractivity contribution >= 4 is 22.3 Å². The second-order valence-electron chi connectivity index (χ2n) is 10.2. The maximum atomic E-state index is 9.51. The molecular formula is C28H33N7O. The minimum Gasteiger partial charge on any atom is -0.370 e. The van der Waals surface area contributed by atoms with E-state index in [-0.39, 0.29) is 12.2 Å². The third-order valence-electron chi connectivity index (χ3n) is 7.76. The Bertz CT molecular complexity index is 1300. The summed E-state index contributed by atoms with van der Waals surface area (Å²) in [4.78, 5) is 16.6. The Hall–Kier alpha value is -3.25. The number of piperazine rings is 1. The van der Waals surface area contributed by atoms with Crippen LogP contribution in [0.4, 0.5) is 11.4 Å². The van der Waals surface area contributed by atoms with Gasteiger partial charge in [-0.15, -0.1) is 0 Å². The smallest absolute Gasteiger partial charge is 0.101 e. The molecular weight excluding hydrogens is 450 g/mol. The van der Waals surface area contributed by atoms with Gasteiger partial charge in [-0.1, -0.05) is 0 Å². The van der Waals surface area contributed by atoms with Gasteiger partial charge in [-0.05, 0) is 49.7 Å². The number of morpholine rings is 1. The van der Waals surface area contributed by atoms with E-state index in [1.807, 2.05) is 18.3 Å². The van der Waals surface area contributed by atoms with E-state index in [4.69, 9.17) is 9.72 Å². The summed E-state index contributed by atoms with van der Waals surface area (Å²) >= 11 is 0. The van der Waals surface area contributed by atoms with E-state index in [1.54, 1.807) is 6.20 Å². The topological polar surface area (TPSA) is 80.6 Å². The summed E-state index contributed by atoms with van der Waals surface area (Å²) in [6.45, 7) is 11.9. The monoisotopic (exact) mass is 483 g/mol. The van der Waals surface area contributed by atoms with Gasteiger partial charge in [-0.25, -0.2) is 0 Å². The van der Waals surface area contributed by atoms with Crippen molar-refractivity contribution in [1.82, 2.24) is 20.2 Å². The van der Waals surface area contributed by atoms with Crippen molar-refractivity contribution in [2.45, 2.75) is 38.6 Å². The number of benzene rings is 1. The van der Waals surface area contributed by atoms with Gasteiger partial charge in [-0.3, -0.25) is 14.9 Å². The normalized spacial score (nSPS) is 24.6. The summed E-state index contributed by atoms with van der Waals surface area (Å²) in [5.41, 5.74) is 6.28. The maximum Gasteiger partial charge on any atom is 0.101 e. The molecule has 0 radical (unpaired) electrons. The standard InChI is InChI=1S/C28H33N7O/c1-19-16-35(27-6-5-21(13-29)28-24(27)4-3-7-30-28)18-23(36-19)17-33-8-10-34(11-9-33)22-12-25-20(2)31-15-26(25)32-14-22/h3-7,12,14,19-20,23,31H,8-11,15-18H2,1-2H3. The zero-order valence-electron chi connectivity index (χ0n) is 21.0. The zero-order valence-corrected chi connectivity index (χ0v) is 21.0. The number of nitriles is 1. The highest BCUT2D eigenvalue weighted by atomic mass is 16.5. The first kappa shape index (κ1) is 23.2. The van der Waals surface area contributed by atoms with Gasteiger partial charge >= 0.3 is 0 Å². The Labute approximate surface area is 212 Å². The molecule has 3 aromatic rings. The van der Waals surface area contributed by atoms with Crippen LogP contribution >= 0.6 is 0 Å². The molecule has 2 aromatic heterocycles. The number of hydrogen-bond acceptors (Lipinski definition) is 8. The van der Waals surface area contributed by atoms with E-state index >= 15 is 0 Å². The molecule has 3 aliphatic heterocycles. The van der Waals surface area contributed by atoms with Crippen LogP contribution in [0, 0.1) is 11.3 Å². The fraction of sp³-hybridized carbons (Fsp3) is 0.464. The summed E-state index contributed by atoms with van der Waals surface area (Å²) in [6, 6.07) is 13.0. The predicted octanol–water partition coefficient (Wildman–Crippen LogP) is 3.08. The van der Waals surface area contributed by atoms with Crippen molar-refractivity contribution in [2.24, 2.45) is 0 Å². The minimum absolute atomic E-state index is 0.135. The molecule has 6 rings (SSSR count). The highest BCUT2D eigenvalue weighted by Gasteiger charge is 2.30. The number of fused-ring (bicyclic) bond motifs is 2. The second-order valence-corrected chi connectivity index (χ2v) is 10.2. The number of anilines is 2. The molecule has 5 heterocycles. The predicted molar refractivity (Wildman–Crippen MR) is 141 cm³/mol. The lowest BCUT2D eigenvalue weighted by Crippen LogP contribution is -2.54. The van der Waals surface area contributed by atoms with Crippen LogP contribution in [0.2, 0.25) is 0 Å². The summed E-state index contributed by atoms with van der Waals surface area (Å²) in [5.74, 6) is 0. The van der Waals surface area contributed by atoms with Crippen LogP contribution in [0.3, 0.4) is 0 Å². The van der Waals surface area contributed by atoms with E-state index in [9.17, 15) is 5.26 Å². The average molecular weight is 484 g/mol. The van der Waals surface area contributed by atoms with Crippen molar-refractivity contribution in [3.63, 3.8) is 0 Å². The number of nitrogens with zero attached hydrogens (tertiary/aromatic N) is 6. The van der Waals surface area contributed by atoms with Gasteiger partial charge in [-0.2, -0.15) is 5.26 Å². The van der Waals surface area contributed by atoms with Crippen LogP contribution in [0.25, 0.3) is 10.9 Å². The molecule has 2 fully saturated rings. The molecule has 0 saturated carbocycles. The molecule has 0 aliphatic carbocycles. The van der Waals surface area contributed by atoms with E-state index in [0.29, 0.717) is 11.6 Å². The molecule has 1 N–H and O–H groups in total. The average Bonchev–Trinajstić information content (AvgIpc) is 3.28. The van der Waals surface area contributed by atoms with Crippen molar-refractivity contribution in [3.05, 3.63) is 59.5 Å². The van der Waals surface area contributed by atoms with Gasteiger partial charge in [0, 0.05) is 75.7 Å². The first-order chi connectivity index (χ1) is 17.6. The molecule has 186 valence electrons. The second kappa shape index (κ2) is 9.66. The summed E-state index contributed by atoms with van der Waals surface area (Å²) < 4.78 is 6.39. The van der Waals surface area contributed by atoms with Crippen molar-refractivity contribution in [1.29, 1.82) is 5.26 Å². The largest absolute Gasteiger partial charge is 0.370 e. The maximum absolute atomic E-state index is 9.51. The molecule has 8 heteroatoms. The number of nitrogens with one attached hydrogen (secondary N) is 1. The third kappa shape index (κ3) is 4.39. The van der Waals surface area contributed by atoms with Crippen LogP contribution in [0.1, 0.15) is 36.7 Å². The Morgan fingerprint density at radius 1 is 1.08 bits per heavy atom. The van der Waals surface area contributed by atoms with Gasteiger partial charge in [0.05, 0.1) is 40.9 Å². The lowest BCUT2D eigenvalue weighted by molar-refractivity contribution is -0.0327. The minimum atomic E-state index is 0.135. The molecule has 1 aromatic carbocycles. The molecule has 0 spiro atoms. The van der Waals surface area contributed by atoms with E-state index in [0.717, 1.165) is 68.9 Å². The van der Waals surface area contributed by atoms with Crippen molar-refractivity contribution in [3.8, 4) is 6.07 Å². The van der Waals surface area contributed by atoms with Crippen LogP contribution < -0.4 is 15.1 Å². The highest BCUT2D eigenvalue weighted by molar-refractivity contribution is 5.95. The van der Waals surface area contributed by atoms with Gasteiger partial charge < -0.3 is 19.9 Å². The van der Waals surface area contributed by atoms with Crippen molar-refractivity contribution < 1.29 is 4.74 Å². The Morgan fingerprint density at radius 2 is 1.94 bits per heavy atom. The first-order valence-corrected chi connectivity index (χ1v) is 13.0. The molecule has 3 unspecified atom stereocenters. The lowest BCUT2D eigenvalue weighted by atomic mass is 10.1. The van der Waals surface area contributed by atoms with Crippen molar-refractivity contribution in [2.75, 3.05) is 55.6 Å². The molecule has 2 saturated heterocycles. The lowest BCUT2D eigenvalue weighted by Gasteiger charge is -2.42. The number of ether oxygens (including phenoxy) is 1. The highest BCUT2D eigenvalue weighted by Crippen LogP contribution is 2.31. The zero-order chi connectivity index (χ0) is 24.6. The van der Waals surface area contributed by atoms with Gasteiger partial charge in [0.25, 0.3) is 0 Å². The first-order valence-electron chi connectivity index (χ1n) is 13.0. The van der Waals surface area contributed by atoms with Gasteiger partial charge in [0.1, 0.15) is 6.07 Å². The number of aromatic nitrogens is 2. The summed E-state index contributed by atoms with van der Waals surface area (Å²) in [6.07, 6.45) is 4.07. The quantitative estimate of drug-likeness (QED) is 0.607. The SMILES string of the molecule is CC1CN(c2ccc(C#N)c3ncccc23)CC(CN2CCN(c3cnc4c(c3)C(C)NC4)CC2)O1. The summed E-state index contributed by atoms with van der Waals surface area (Å²) in [7, 11) is 0.